The topological polar surface area (TPSA) is 308 Å². The number of hydrogen-bond acceptors (Lipinski definition) is 19. The van der Waals surface area contributed by atoms with Crippen LogP contribution < -0.4 is 14.9 Å². The molecule has 3 aromatic rings. The minimum absolute atomic E-state index is 0.125. The van der Waals surface area contributed by atoms with Crippen molar-refractivity contribution < 1.29 is 89.0 Å². The van der Waals surface area contributed by atoms with Crippen LogP contribution in [0, 0.1) is 0 Å². The Morgan fingerprint density at radius 3 is 2.14 bits per heavy atom. The predicted molar refractivity (Wildman–Crippen MR) is 165 cm³/mol. The molecular weight excluding hydrogens is 688 g/mol. The summed E-state index contributed by atoms with van der Waals surface area (Å²) in [6.45, 7) is 0.106. The zero-order chi connectivity index (χ0) is 36.9. The van der Waals surface area contributed by atoms with Gasteiger partial charge in [-0.05, 0) is 31.2 Å². The molecule has 3 aliphatic heterocycles. The molecule has 3 saturated heterocycles. The average Bonchev–Trinajstić information content (AvgIpc) is 3.10. The number of rotatable bonds is 8. The van der Waals surface area contributed by atoms with Crippen molar-refractivity contribution in [2.24, 2.45) is 0 Å². The highest BCUT2D eigenvalue weighted by Gasteiger charge is 2.50. The van der Waals surface area contributed by atoms with Gasteiger partial charge in [-0.15, -0.1) is 0 Å². The van der Waals surface area contributed by atoms with Crippen molar-refractivity contribution >= 4 is 11.0 Å². The van der Waals surface area contributed by atoms with Crippen molar-refractivity contribution in [1.82, 2.24) is 0 Å². The van der Waals surface area contributed by atoms with Crippen LogP contribution in [0.5, 0.6) is 23.0 Å². The molecule has 51 heavy (non-hydrogen) atoms. The van der Waals surface area contributed by atoms with E-state index >= 15 is 0 Å². The van der Waals surface area contributed by atoms with Gasteiger partial charge in [0.1, 0.15) is 83.2 Å². The largest absolute Gasteiger partial charge is 0.508 e. The van der Waals surface area contributed by atoms with E-state index in [4.69, 9.17) is 32.8 Å². The maximum atomic E-state index is 14.1. The Labute approximate surface area is 287 Å². The Hall–Kier alpha value is -3.67. The minimum atomic E-state index is -1.92. The molecule has 0 amide bonds. The Morgan fingerprint density at radius 2 is 1.45 bits per heavy atom. The van der Waals surface area contributed by atoms with E-state index in [1.54, 1.807) is 0 Å². The van der Waals surface area contributed by atoms with Gasteiger partial charge in [0.25, 0.3) is 0 Å². The molecule has 280 valence electrons. The van der Waals surface area contributed by atoms with Crippen LogP contribution in [0.25, 0.3) is 22.3 Å². The van der Waals surface area contributed by atoms with E-state index in [0.29, 0.717) is 0 Å². The van der Waals surface area contributed by atoms with E-state index in [0.717, 1.165) is 12.1 Å². The van der Waals surface area contributed by atoms with Crippen molar-refractivity contribution in [3.05, 3.63) is 46.6 Å². The SMILES string of the molecule is C[C@H]1O[C@@H](Oc2cc(O)c3c(=O)c(O[C@@H]4O[C@@H](CO)[C@H](O)[C@@H](O)[C@H]4O[C@H]4OC[C@@H](O)[C@@H](O)[C@H]4O)c(-c4ccc(O)cc4)oc3c2)[C@H](O)[C@@H](O)[C@H]1O. The van der Waals surface area contributed by atoms with E-state index in [9.17, 15) is 61.0 Å². The van der Waals surface area contributed by atoms with Crippen LogP contribution in [0.3, 0.4) is 0 Å². The lowest BCUT2D eigenvalue weighted by molar-refractivity contribution is -0.345. The number of phenolic OH excluding ortho intramolecular Hbond substituents is 2. The normalized spacial score (nSPS) is 37.3. The summed E-state index contributed by atoms with van der Waals surface area (Å²) in [4.78, 5) is 14.1. The van der Waals surface area contributed by atoms with E-state index in [1.165, 1.54) is 31.2 Å². The minimum Gasteiger partial charge on any atom is -0.508 e. The van der Waals surface area contributed by atoms with Crippen molar-refractivity contribution in [1.29, 1.82) is 0 Å². The maximum Gasteiger partial charge on any atom is 0.239 e. The third-order valence-electron chi connectivity index (χ3n) is 8.90. The number of aliphatic hydroxyl groups excluding tert-OH is 9. The molecule has 0 aliphatic carbocycles. The molecule has 3 aliphatic rings. The van der Waals surface area contributed by atoms with Gasteiger partial charge in [-0.2, -0.15) is 0 Å². The zero-order valence-corrected chi connectivity index (χ0v) is 26.6. The summed E-state index contributed by atoms with van der Waals surface area (Å²) in [6.07, 6.45) is -22.8. The summed E-state index contributed by atoms with van der Waals surface area (Å²) in [5.41, 5.74) is -1.20. The molecule has 2 aromatic carbocycles. The second kappa shape index (κ2) is 14.8. The van der Waals surface area contributed by atoms with Crippen molar-refractivity contribution in [2.45, 2.75) is 92.9 Å². The molecule has 0 bridgehead atoms. The fraction of sp³-hybridized carbons (Fsp3) is 0.531. The van der Waals surface area contributed by atoms with E-state index in [-0.39, 0.29) is 28.4 Å². The van der Waals surface area contributed by atoms with Gasteiger partial charge in [-0.3, -0.25) is 4.79 Å². The molecule has 19 nitrogen and oxygen atoms in total. The Morgan fingerprint density at radius 1 is 0.765 bits per heavy atom. The third-order valence-corrected chi connectivity index (χ3v) is 8.90. The van der Waals surface area contributed by atoms with Crippen LogP contribution >= 0.6 is 0 Å². The van der Waals surface area contributed by atoms with E-state index < -0.39 is 122 Å². The first kappa shape index (κ1) is 37.1. The fourth-order valence-electron chi connectivity index (χ4n) is 5.95. The lowest BCUT2D eigenvalue weighted by Gasteiger charge is -2.44. The number of fused-ring (bicyclic) bond motifs is 1. The van der Waals surface area contributed by atoms with Gasteiger partial charge in [0.2, 0.25) is 23.8 Å². The predicted octanol–water partition coefficient (Wildman–Crippen LogP) is -3.28. The third kappa shape index (κ3) is 7.09. The van der Waals surface area contributed by atoms with Gasteiger partial charge in [-0.1, -0.05) is 0 Å². The summed E-state index contributed by atoms with van der Waals surface area (Å²) in [5.74, 6) is -2.06. The van der Waals surface area contributed by atoms with Crippen LogP contribution in [0.15, 0.2) is 45.6 Å². The second-order valence-corrected chi connectivity index (χ2v) is 12.4. The van der Waals surface area contributed by atoms with Gasteiger partial charge < -0.3 is 89.0 Å². The monoisotopic (exact) mass is 726 g/mol. The highest BCUT2D eigenvalue weighted by Crippen LogP contribution is 2.39. The maximum absolute atomic E-state index is 14.1. The first-order valence-corrected chi connectivity index (χ1v) is 15.8. The molecule has 0 spiro atoms. The smallest absolute Gasteiger partial charge is 0.239 e. The van der Waals surface area contributed by atoms with Gasteiger partial charge in [0.15, 0.2) is 18.2 Å². The Kier molecular flexibility index (Phi) is 10.7. The van der Waals surface area contributed by atoms with E-state index in [1.807, 2.05) is 0 Å². The molecule has 0 radical (unpaired) electrons. The quantitative estimate of drug-likeness (QED) is 0.108. The standard InChI is InChI=1S/C32H38O19/c1-10-19(37)23(41)26(44)31(46-10)47-13-6-14(35)18-16(7-13)48-27(11-2-4-12(34)5-3-11)28(22(18)40)50-32-29(24(42)21(39)17(8-33)49-32)51-30-25(43)20(38)15(36)9-45-30/h2-7,10,15,17,19-21,23-26,29-39,41-44H,8-9H2,1H3/t10-,15-,17+,19+,20-,21+,23+,24-,25-,26-,29-,30-,31+,32+/m1/s1. The van der Waals surface area contributed by atoms with Crippen LogP contribution in [0.4, 0.5) is 0 Å². The lowest BCUT2D eigenvalue weighted by Crippen LogP contribution is -2.64. The van der Waals surface area contributed by atoms with Crippen LogP contribution in [0.1, 0.15) is 6.92 Å². The summed E-state index contributed by atoms with van der Waals surface area (Å²) in [5, 5.41) is 113. The second-order valence-electron chi connectivity index (χ2n) is 12.4. The molecule has 4 heterocycles. The molecule has 0 saturated carbocycles. The molecule has 6 rings (SSSR count). The van der Waals surface area contributed by atoms with E-state index in [2.05, 4.69) is 0 Å². The first-order valence-electron chi connectivity index (χ1n) is 15.8. The molecule has 1 aromatic heterocycles. The van der Waals surface area contributed by atoms with Gasteiger partial charge >= 0.3 is 0 Å². The number of phenols is 2. The van der Waals surface area contributed by atoms with Crippen molar-refractivity contribution in [3.8, 4) is 34.3 Å². The Balaban J connectivity index is 1.41. The molecule has 0 unspecified atom stereocenters. The number of aromatic hydroxyl groups is 2. The summed E-state index contributed by atoms with van der Waals surface area (Å²) in [6, 6.07) is 7.35. The number of hydrogen-bond donors (Lipinski definition) is 11. The number of benzene rings is 2. The van der Waals surface area contributed by atoms with Crippen LogP contribution in [-0.4, -0.2) is 155 Å². The number of ether oxygens (including phenoxy) is 6. The van der Waals surface area contributed by atoms with Crippen molar-refractivity contribution in [2.75, 3.05) is 13.2 Å². The Bertz CT molecular complexity index is 1730. The zero-order valence-electron chi connectivity index (χ0n) is 26.6. The van der Waals surface area contributed by atoms with Gasteiger partial charge in [0.05, 0.1) is 19.3 Å². The number of aliphatic hydroxyl groups is 9. The molecule has 11 N–H and O–H groups in total. The fourth-order valence-corrected chi connectivity index (χ4v) is 5.95. The van der Waals surface area contributed by atoms with Crippen LogP contribution in [0.2, 0.25) is 0 Å². The molecule has 19 heteroatoms. The van der Waals surface area contributed by atoms with Crippen molar-refractivity contribution in [3.63, 3.8) is 0 Å². The molecule has 14 atom stereocenters. The summed E-state index contributed by atoms with van der Waals surface area (Å²) < 4.78 is 39.7. The molecule has 3 fully saturated rings. The lowest BCUT2D eigenvalue weighted by atomic mass is 9.98. The molecular formula is C32H38O19. The van der Waals surface area contributed by atoms with Crippen LogP contribution in [-0.2, 0) is 18.9 Å². The summed E-state index contributed by atoms with van der Waals surface area (Å²) >= 11 is 0. The van der Waals surface area contributed by atoms with Gasteiger partial charge in [0, 0.05) is 17.7 Å². The summed E-state index contributed by atoms with van der Waals surface area (Å²) in [7, 11) is 0. The van der Waals surface area contributed by atoms with Gasteiger partial charge in [-0.25, -0.2) is 0 Å². The average molecular weight is 727 g/mol. The highest BCUT2D eigenvalue weighted by atomic mass is 16.8. The first-order chi connectivity index (χ1) is 24.2. The highest BCUT2D eigenvalue weighted by molar-refractivity contribution is 5.88.